The zero-order valence-electron chi connectivity index (χ0n) is 13.3. The fourth-order valence-corrected chi connectivity index (χ4v) is 2.23. The fourth-order valence-electron chi connectivity index (χ4n) is 2.01. The number of amides is 2. The average Bonchev–Trinajstić information content (AvgIpc) is 2.57. The maximum absolute atomic E-state index is 12.0. The monoisotopic (exact) mass is 341 g/mol. The van der Waals surface area contributed by atoms with Crippen LogP contribution in [0.3, 0.4) is 0 Å². The van der Waals surface area contributed by atoms with Gasteiger partial charge in [-0.05, 0) is 55.0 Å². The molecule has 0 aromatic heterocycles. The predicted molar refractivity (Wildman–Crippen MR) is 100 cm³/mol. The third-order valence-electron chi connectivity index (χ3n) is 3.17. The fraction of sp³-hybridized carbons (Fsp3) is 0.167. The Morgan fingerprint density at radius 2 is 1.50 bits per heavy atom. The molecular weight excluding hydrogens is 322 g/mol. The van der Waals surface area contributed by atoms with Crippen molar-refractivity contribution >= 4 is 40.5 Å². The second-order valence-corrected chi connectivity index (χ2v) is 5.56. The molecule has 0 bridgehead atoms. The summed E-state index contributed by atoms with van der Waals surface area (Å²) >= 11 is 5.14. The summed E-state index contributed by atoms with van der Waals surface area (Å²) in [6, 6.07) is 16.0. The zero-order chi connectivity index (χ0) is 17.4. The number of hydrogen-bond acceptors (Lipinski definition) is 3. The van der Waals surface area contributed by atoms with Crippen LogP contribution in [0, 0.1) is 0 Å². The molecule has 5 nitrogen and oxygen atoms in total. The Kier molecular flexibility index (Phi) is 6.45. The number of carbonyl (C=O) groups excluding carboxylic acids is 2. The number of anilines is 2. The Labute approximate surface area is 146 Å². The first-order chi connectivity index (χ1) is 11.6. The van der Waals surface area contributed by atoms with Crippen molar-refractivity contribution in [2.75, 3.05) is 10.6 Å². The van der Waals surface area contributed by atoms with Crippen molar-refractivity contribution in [3.05, 3.63) is 60.2 Å². The lowest BCUT2D eigenvalue weighted by Gasteiger charge is -2.10. The summed E-state index contributed by atoms with van der Waals surface area (Å²) in [6.45, 7) is 1.96. The Bertz CT molecular complexity index is 715. The van der Waals surface area contributed by atoms with E-state index in [9.17, 15) is 9.59 Å². The van der Waals surface area contributed by atoms with E-state index in [0.29, 0.717) is 12.0 Å². The van der Waals surface area contributed by atoms with Gasteiger partial charge in [0.15, 0.2) is 5.11 Å². The van der Waals surface area contributed by atoms with Gasteiger partial charge >= 0.3 is 0 Å². The van der Waals surface area contributed by atoms with Gasteiger partial charge in [0, 0.05) is 23.4 Å². The van der Waals surface area contributed by atoms with Crippen LogP contribution in [0.2, 0.25) is 0 Å². The van der Waals surface area contributed by atoms with Gasteiger partial charge in [0.1, 0.15) is 0 Å². The molecule has 0 unspecified atom stereocenters. The Morgan fingerprint density at radius 1 is 0.917 bits per heavy atom. The van der Waals surface area contributed by atoms with E-state index in [-0.39, 0.29) is 16.9 Å². The molecule has 2 aromatic carbocycles. The number of benzene rings is 2. The Morgan fingerprint density at radius 3 is 2.08 bits per heavy atom. The minimum atomic E-state index is -0.267. The van der Waals surface area contributed by atoms with Crippen molar-refractivity contribution in [1.29, 1.82) is 0 Å². The van der Waals surface area contributed by atoms with Crippen molar-refractivity contribution in [3.8, 4) is 0 Å². The smallest absolute Gasteiger partial charge is 0.257 e. The second kappa shape index (κ2) is 8.79. The van der Waals surface area contributed by atoms with Gasteiger partial charge in [0.2, 0.25) is 5.91 Å². The summed E-state index contributed by atoms with van der Waals surface area (Å²) < 4.78 is 0. The van der Waals surface area contributed by atoms with Crippen molar-refractivity contribution < 1.29 is 9.59 Å². The predicted octanol–water partition coefficient (Wildman–Crippen LogP) is 3.55. The lowest BCUT2D eigenvalue weighted by Crippen LogP contribution is -2.34. The topological polar surface area (TPSA) is 70.2 Å². The van der Waals surface area contributed by atoms with Crippen molar-refractivity contribution in [3.63, 3.8) is 0 Å². The number of nitrogens with one attached hydrogen (secondary N) is 3. The summed E-state index contributed by atoms with van der Waals surface area (Å²) in [4.78, 5) is 23.5. The van der Waals surface area contributed by atoms with Crippen LogP contribution in [0.1, 0.15) is 30.1 Å². The maximum Gasteiger partial charge on any atom is 0.257 e. The van der Waals surface area contributed by atoms with Gasteiger partial charge in [-0.1, -0.05) is 25.1 Å². The van der Waals surface area contributed by atoms with E-state index < -0.39 is 0 Å². The zero-order valence-corrected chi connectivity index (χ0v) is 14.2. The third-order valence-corrected chi connectivity index (χ3v) is 3.37. The highest BCUT2D eigenvalue weighted by Gasteiger charge is 2.07. The van der Waals surface area contributed by atoms with Crippen LogP contribution in [0.4, 0.5) is 11.4 Å². The summed E-state index contributed by atoms with van der Waals surface area (Å²) in [5.74, 6) is -0.277. The minimum absolute atomic E-state index is 0.0103. The lowest BCUT2D eigenvalue weighted by molar-refractivity contribution is -0.116. The van der Waals surface area contributed by atoms with Gasteiger partial charge in [-0.2, -0.15) is 0 Å². The van der Waals surface area contributed by atoms with Crippen molar-refractivity contribution in [2.45, 2.75) is 19.8 Å². The number of carbonyl (C=O) groups is 2. The number of thiocarbonyl (C=S) groups is 1. The lowest BCUT2D eigenvalue weighted by atomic mass is 10.2. The molecule has 2 rings (SSSR count). The van der Waals surface area contributed by atoms with Crippen molar-refractivity contribution in [1.82, 2.24) is 5.32 Å². The highest BCUT2D eigenvalue weighted by molar-refractivity contribution is 7.80. The molecule has 3 N–H and O–H groups in total. The first-order valence-corrected chi connectivity index (χ1v) is 8.06. The summed E-state index contributed by atoms with van der Waals surface area (Å²) in [6.07, 6.45) is 1.30. The van der Waals surface area contributed by atoms with Gasteiger partial charge in [0.25, 0.3) is 5.91 Å². The molecule has 0 heterocycles. The highest BCUT2D eigenvalue weighted by atomic mass is 32.1. The van der Waals surface area contributed by atoms with Gasteiger partial charge in [-0.3, -0.25) is 14.9 Å². The van der Waals surface area contributed by atoms with Crippen LogP contribution in [-0.2, 0) is 4.79 Å². The average molecular weight is 341 g/mol. The van der Waals surface area contributed by atoms with Gasteiger partial charge < -0.3 is 10.6 Å². The summed E-state index contributed by atoms with van der Waals surface area (Å²) in [5, 5.41) is 8.58. The quantitative estimate of drug-likeness (QED) is 0.728. The Hall–Kier alpha value is -2.73. The van der Waals surface area contributed by atoms with Gasteiger partial charge in [-0.15, -0.1) is 0 Å². The second-order valence-electron chi connectivity index (χ2n) is 5.15. The van der Waals surface area contributed by atoms with Crippen LogP contribution in [0.25, 0.3) is 0 Å². The van der Waals surface area contributed by atoms with Crippen LogP contribution < -0.4 is 16.0 Å². The molecule has 2 aromatic rings. The van der Waals surface area contributed by atoms with Crippen LogP contribution >= 0.6 is 12.2 Å². The molecule has 0 aliphatic rings. The molecule has 0 fully saturated rings. The van der Waals surface area contributed by atoms with Gasteiger partial charge in [-0.25, -0.2) is 0 Å². The molecular formula is C18H19N3O2S. The van der Waals surface area contributed by atoms with Crippen LogP contribution in [0.15, 0.2) is 54.6 Å². The molecule has 24 heavy (non-hydrogen) atoms. The molecule has 0 saturated heterocycles. The van der Waals surface area contributed by atoms with Crippen LogP contribution in [0.5, 0.6) is 0 Å². The van der Waals surface area contributed by atoms with E-state index >= 15 is 0 Å². The molecule has 2 amide bonds. The third kappa shape index (κ3) is 5.48. The number of rotatable bonds is 5. The van der Waals surface area contributed by atoms with E-state index in [0.717, 1.165) is 17.8 Å². The van der Waals surface area contributed by atoms with Crippen molar-refractivity contribution in [2.24, 2.45) is 0 Å². The molecule has 0 spiro atoms. The minimum Gasteiger partial charge on any atom is -0.332 e. The molecule has 124 valence electrons. The molecule has 6 heteroatoms. The molecule has 0 aliphatic carbocycles. The Balaban J connectivity index is 1.88. The van der Waals surface area contributed by atoms with E-state index in [1.165, 1.54) is 0 Å². The first kappa shape index (κ1) is 17.6. The van der Waals surface area contributed by atoms with E-state index in [4.69, 9.17) is 12.2 Å². The highest BCUT2D eigenvalue weighted by Crippen LogP contribution is 2.14. The first-order valence-electron chi connectivity index (χ1n) is 7.66. The van der Waals surface area contributed by atoms with Gasteiger partial charge in [0.05, 0.1) is 0 Å². The normalized spacial score (nSPS) is 9.88. The maximum atomic E-state index is 12.0. The van der Waals surface area contributed by atoms with E-state index in [2.05, 4.69) is 16.0 Å². The summed E-state index contributed by atoms with van der Waals surface area (Å²) in [7, 11) is 0. The SMILES string of the molecule is CCCC(=O)Nc1ccc(NC(=S)NC(=O)c2ccccc2)cc1. The van der Waals surface area contributed by atoms with Crippen LogP contribution in [-0.4, -0.2) is 16.9 Å². The largest absolute Gasteiger partial charge is 0.332 e. The molecule has 0 aliphatic heterocycles. The molecule has 0 radical (unpaired) electrons. The standard InChI is InChI=1S/C18H19N3O2S/c1-2-6-16(22)19-14-9-11-15(12-10-14)20-18(24)21-17(23)13-7-4-3-5-8-13/h3-5,7-12H,2,6H2,1H3,(H,19,22)(H2,20,21,23,24). The molecule has 0 saturated carbocycles. The van der Waals surface area contributed by atoms with E-state index in [1.54, 1.807) is 48.5 Å². The number of hydrogen-bond donors (Lipinski definition) is 3. The van der Waals surface area contributed by atoms with E-state index in [1.807, 2.05) is 13.0 Å². The molecule has 0 atom stereocenters. The summed E-state index contributed by atoms with van der Waals surface area (Å²) in [5.41, 5.74) is 1.98.